The highest BCUT2D eigenvalue weighted by atomic mass is 32.1. The minimum atomic E-state index is -0.0738. The molecule has 1 aliphatic heterocycles. The fourth-order valence-corrected chi connectivity index (χ4v) is 4.44. The third-order valence-corrected chi connectivity index (χ3v) is 6.56. The van der Waals surface area contributed by atoms with Gasteiger partial charge in [-0.3, -0.25) is 14.5 Å². The molecule has 0 unspecified atom stereocenters. The highest BCUT2D eigenvalue weighted by molar-refractivity contribution is 7.12. The van der Waals surface area contributed by atoms with Crippen molar-refractivity contribution >= 4 is 34.5 Å². The van der Waals surface area contributed by atoms with Gasteiger partial charge in [-0.1, -0.05) is 12.1 Å². The zero-order valence-electron chi connectivity index (χ0n) is 17.3. The van der Waals surface area contributed by atoms with Gasteiger partial charge in [-0.15, -0.1) is 11.3 Å². The van der Waals surface area contributed by atoms with Crippen LogP contribution in [0.25, 0.3) is 0 Å². The van der Waals surface area contributed by atoms with Gasteiger partial charge in [-0.25, -0.2) is 0 Å². The molecule has 30 heavy (non-hydrogen) atoms. The van der Waals surface area contributed by atoms with E-state index in [9.17, 15) is 9.59 Å². The van der Waals surface area contributed by atoms with Gasteiger partial charge in [-0.05, 0) is 54.8 Å². The Balaban J connectivity index is 1.18. The average molecular weight is 427 g/mol. The van der Waals surface area contributed by atoms with E-state index < -0.39 is 0 Å². The maximum Gasteiger partial charge on any atom is 0.261 e. The van der Waals surface area contributed by atoms with Gasteiger partial charge in [0.05, 0.1) is 4.88 Å². The second-order valence-corrected chi connectivity index (χ2v) is 9.11. The molecule has 2 heterocycles. The number of carbonyl (C=O) groups is 2. The van der Waals surface area contributed by atoms with Gasteiger partial charge in [0, 0.05) is 57.1 Å². The highest BCUT2D eigenvalue weighted by Crippen LogP contribution is 2.30. The Kier molecular flexibility index (Phi) is 7.02. The largest absolute Gasteiger partial charge is 0.369 e. The molecule has 2 N–H and O–H groups in total. The zero-order chi connectivity index (χ0) is 20.8. The standard InChI is InChI=1S/C23H30N4O2S/c28-22(7-2-10-24-23(29)21-6-3-15-30-21)25-19-4-1-5-20(16-19)27-13-11-26(12-14-27)17-18-8-9-18/h1,3-6,15-16,18H,2,7-14,17H2,(H,24,29)(H,25,28). The van der Waals surface area contributed by atoms with Crippen molar-refractivity contribution in [1.82, 2.24) is 10.2 Å². The van der Waals surface area contributed by atoms with Gasteiger partial charge >= 0.3 is 0 Å². The Hall–Kier alpha value is -2.38. The second-order valence-electron chi connectivity index (χ2n) is 8.17. The van der Waals surface area contributed by atoms with Crippen LogP contribution in [0.15, 0.2) is 41.8 Å². The van der Waals surface area contributed by atoms with Crippen LogP contribution in [0.3, 0.4) is 0 Å². The van der Waals surface area contributed by atoms with Gasteiger partial charge in [0.1, 0.15) is 0 Å². The average Bonchev–Trinajstić information content (AvgIpc) is 3.39. The first-order valence-electron chi connectivity index (χ1n) is 10.9. The maximum absolute atomic E-state index is 12.3. The minimum absolute atomic E-state index is 0.0215. The van der Waals surface area contributed by atoms with E-state index in [1.165, 1.54) is 36.4 Å². The minimum Gasteiger partial charge on any atom is -0.369 e. The number of carbonyl (C=O) groups excluding carboxylic acids is 2. The fraction of sp³-hybridized carbons (Fsp3) is 0.478. The topological polar surface area (TPSA) is 64.7 Å². The lowest BCUT2D eigenvalue weighted by Gasteiger charge is -2.36. The van der Waals surface area contributed by atoms with E-state index in [0.717, 1.165) is 37.8 Å². The smallest absolute Gasteiger partial charge is 0.261 e. The van der Waals surface area contributed by atoms with Crippen molar-refractivity contribution in [3.05, 3.63) is 46.7 Å². The Morgan fingerprint density at radius 3 is 2.63 bits per heavy atom. The van der Waals surface area contributed by atoms with E-state index in [-0.39, 0.29) is 11.8 Å². The number of anilines is 2. The normalized spacial score (nSPS) is 17.0. The Labute approximate surface area is 182 Å². The molecule has 4 rings (SSSR count). The summed E-state index contributed by atoms with van der Waals surface area (Å²) in [7, 11) is 0. The van der Waals surface area contributed by atoms with Crippen LogP contribution >= 0.6 is 11.3 Å². The molecule has 0 atom stereocenters. The predicted molar refractivity (Wildman–Crippen MR) is 122 cm³/mol. The van der Waals surface area contributed by atoms with Crippen LogP contribution < -0.4 is 15.5 Å². The molecule has 1 aliphatic carbocycles. The number of hydrogen-bond acceptors (Lipinski definition) is 5. The molecule has 1 saturated carbocycles. The number of nitrogens with one attached hydrogen (secondary N) is 2. The third kappa shape index (κ3) is 6.06. The fourth-order valence-electron chi connectivity index (χ4n) is 3.80. The molecule has 2 aliphatic rings. The summed E-state index contributed by atoms with van der Waals surface area (Å²) in [5, 5.41) is 7.73. The number of piperazine rings is 1. The molecular formula is C23H30N4O2S. The highest BCUT2D eigenvalue weighted by Gasteiger charge is 2.26. The van der Waals surface area contributed by atoms with Crippen molar-refractivity contribution in [2.75, 3.05) is 49.5 Å². The zero-order valence-corrected chi connectivity index (χ0v) is 18.1. The summed E-state index contributed by atoms with van der Waals surface area (Å²) < 4.78 is 0. The van der Waals surface area contributed by atoms with Crippen molar-refractivity contribution in [2.24, 2.45) is 5.92 Å². The van der Waals surface area contributed by atoms with Crippen molar-refractivity contribution in [3.63, 3.8) is 0 Å². The molecule has 6 nitrogen and oxygen atoms in total. The quantitative estimate of drug-likeness (QED) is 0.603. The summed E-state index contributed by atoms with van der Waals surface area (Å²) in [6.45, 7) is 6.06. The lowest BCUT2D eigenvalue weighted by atomic mass is 10.2. The summed E-state index contributed by atoms with van der Waals surface area (Å²) in [6.07, 6.45) is 3.81. The SMILES string of the molecule is O=C(CCCNC(=O)c1cccs1)Nc1cccc(N2CCN(CC3CC3)CC2)c1. The molecule has 0 spiro atoms. The van der Waals surface area contributed by atoms with Gasteiger partial charge in [0.15, 0.2) is 0 Å². The van der Waals surface area contributed by atoms with E-state index in [1.807, 2.05) is 23.6 Å². The molecule has 1 aromatic heterocycles. The van der Waals surface area contributed by atoms with Gasteiger partial charge in [0.2, 0.25) is 5.91 Å². The summed E-state index contributed by atoms with van der Waals surface area (Å²) in [6, 6.07) is 11.8. The van der Waals surface area contributed by atoms with Gasteiger partial charge in [-0.2, -0.15) is 0 Å². The Morgan fingerprint density at radius 1 is 1.07 bits per heavy atom. The number of amides is 2. The van der Waals surface area contributed by atoms with E-state index in [4.69, 9.17) is 0 Å². The Morgan fingerprint density at radius 2 is 1.90 bits per heavy atom. The van der Waals surface area contributed by atoms with Crippen LogP contribution in [0.1, 0.15) is 35.4 Å². The van der Waals surface area contributed by atoms with Crippen molar-refractivity contribution in [1.29, 1.82) is 0 Å². The van der Waals surface area contributed by atoms with Crippen LogP contribution in [0, 0.1) is 5.92 Å². The number of hydrogen-bond donors (Lipinski definition) is 2. The molecule has 7 heteroatoms. The van der Waals surface area contributed by atoms with E-state index in [1.54, 1.807) is 6.07 Å². The molecule has 1 saturated heterocycles. The van der Waals surface area contributed by atoms with Gasteiger partial charge in [0.25, 0.3) is 5.91 Å². The maximum atomic E-state index is 12.3. The van der Waals surface area contributed by atoms with Crippen LogP contribution in [0.5, 0.6) is 0 Å². The Bertz CT molecular complexity index is 843. The lowest BCUT2D eigenvalue weighted by molar-refractivity contribution is -0.116. The summed E-state index contributed by atoms with van der Waals surface area (Å²) in [5.41, 5.74) is 2.00. The molecular weight excluding hydrogens is 396 g/mol. The van der Waals surface area contributed by atoms with Crippen LogP contribution in [0.4, 0.5) is 11.4 Å². The van der Waals surface area contributed by atoms with E-state index in [2.05, 4.69) is 32.6 Å². The van der Waals surface area contributed by atoms with E-state index in [0.29, 0.717) is 24.3 Å². The molecule has 1 aromatic carbocycles. The second kappa shape index (κ2) is 10.1. The van der Waals surface area contributed by atoms with E-state index >= 15 is 0 Å². The number of nitrogens with zero attached hydrogens (tertiary/aromatic N) is 2. The monoisotopic (exact) mass is 426 g/mol. The third-order valence-electron chi connectivity index (χ3n) is 5.69. The molecule has 0 bridgehead atoms. The summed E-state index contributed by atoms with van der Waals surface area (Å²) in [4.78, 5) is 29.9. The molecule has 2 fully saturated rings. The summed E-state index contributed by atoms with van der Waals surface area (Å²) >= 11 is 1.42. The lowest BCUT2D eigenvalue weighted by Crippen LogP contribution is -2.47. The molecule has 2 amide bonds. The number of thiophene rings is 1. The molecule has 160 valence electrons. The first kappa shape index (κ1) is 20.9. The van der Waals surface area contributed by atoms with Crippen molar-refractivity contribution in [3.8, 4) is 0 Å². The van der Waals surface area contributed by atoms with Crippen LogP contribution in [-0.4, -0.2) is 56.0 Å². The van der Waals surface area contributed by atoms with Gasteiger partial charge < -0.3 is 15.5 Å². The van der Waals surface area contributed by atoms with Crippen LogP contribution in [0.2, 0.25) is 0 Å². The summed E-state index contributed by atoms with van der Waals surface area (Å²) in [5.74, 6) is 0.848. The predicted octanol–water partition coefficient (Wildman–Crippen LogP) is 3.43. The van der Waals surface area contributed by atoms with Crippen LogP contribution in [-0.2, 0) is 4.79 Å². The first-order chi connectivity index (χ1) is 14.7. The van der Waals surface area contributed by atoms with Crippen molar-refractivity contribution < 1.29 is 9.59 Å². The first-order valence-corrected chi connectivity index (χ1v) is 11.7. The number of benzene rings is 1. The number of rotatable bonds is 9. The molecule has 2 aromatic rings. The molecule has 0 radical (unpaired) electrons. The van der Waals surface area contributed by atoms with Crippen molar-refractivity contribution in [2.45, 2.75) is 25.7 Å².